The van der Waals surface area contributed by atoms with E-state index in [1.807, 2.05) is 6.07 Å². The molecule has 9 heteroatoms. The molecule has 2 heterocycles. The lowest BCUT2D eigenvalue weighted by Gasteiger charge is -2.07. The second kappa shape index (κ2) is 5.05. The van der Waals surface area contributed by atoms with E-state index in [1.165, 1.54) is 11.8 Å². The van der Waals surface area contributed by atoms with E-state index in [9.17, 15) is 13.2 Å². The second-order valence-corrected chi connectivity index (χ2v) is 4.49. The van der Waals surface area contributed by atoms with Gasteiger partial charge in [0.05, 0.1) is 5.56 Å². The van der Waals surface area contributed by atoms with E-state index >= 15 is 0 Å². The van der Waals surface area contributed by atoms with Gasteiger partial charge >= 0.3 is 6.18 Å². The zero-order chi connectivity index (χ0) is 14.9. The zero-order valence-corrected chi connectivity index (χ0v) is 11.0. The van der Waals surface area contributed by atoms with Gasteiger partial charge in [-0.1, -0.05) is 0 Å². The maximum atomic E-state index is 12.4. The maximum Gasteiger partial charge on any atom is 0.417 e. The summed E-state index contributed by atoms with van der Waals surface area (Å²) in [5.74, 6) is 0.163. The topological polar surface area (TPSA) is 80.5 Å². The number of anilines is 1. The third-order valence-corrected chi connectivity index (χ3v) is 3.16. The molecule has 0 aromatic carbocycles. The van der Waals surface area contributed by atoms with Crippen LogP contribution in [0.3, 0.4) is 0 Å². The van der Waals surface area contributed by atoms with Crippen LogP contribution in [0.15, 0.2) is 23.4 Å². The number of pyridine rings is 1. The summed E-state index contributed by atoms with van der Waals surface area (Å²) in [6.45, 7) is 0. The fourth-order valence-electron chi connectivity index (χ4n) is 1.51. The van der Waals surface area contributed by atoms with Crippen LogP contribution in [-0.2, 0) is 6.18 Å². The first-order valence-corrected chi connectivity index (χ1v) is 6.47. The van der Waals surface area contributed by atoms with Crippen LogP contribution in [0.25, 0.3) is 5.82 Å². The number of alkyl halides is 3. The fourth-order valence-corrected chi connectivity index (χ4v) is 2.03. The monoisotopic (exact) mass is 299 g/mol. The molecule has 0 bridgehead atoms. The summed E-state index contributed by atoms with van der Waals surface area (Å²) in [6.07, 6.45) is -2.04. The Morgan fingerprint density at radius 3 is 2.50 bits per heavy atom. The van der Waals surface area contributed by atoms with Crippen molar-refractivity contribution in [2.45, 2.75) is 11.2 Å². The van der Waals surface area contributed by atoms with Gasteiger partial charge in [-0.2, -0.15) is 28.2 Å². The Morgan fingerprint density at radius 1 is 1.40 bits per heavy atom. The highest BCUT2D eigenvalue weighted by Crippen LogP contribution is 2.30. The number of nitriles is 1. The summed E-state index contributed by atoms with van der Waals surface area (Å²) in [7, 11) is 0. The van der Waals surface area contributed by atoms with Gasteiger partial charge in [0.15, 0.2) is 5.82 Å². The van der Waals surface area contributed by atoms with Crippen LogP contribution in [0.2, 0.25) is 0 Å². The van der Waals surface area contributed by atoms with E-state index in [2.05, 4.69) is 10.1 Å². The first-order chi connectivity index (χ1) is 9.38. The second-order valence-electron chi connectivity index (χ2n) is 3.70. The largest absolute Gasteiger partial charge is 0.417 e. The number of halogens is 3. The summed E-state index contributed by atoms with van der Waals surface area (Å²) in [5.41, 5.74) is 5.06. The van der Waals surface area contributed by atoms with Gasteiger partial charge in [0.2, 0.25) is 0 Å². The van der Waals surface area contributed by atoms with Crippen LogP contribution in [0.4, 0.5) is 19.0 Å². The number of nitrogen functional groups attached to an aromatic ring is 1. The molecule has 0 saturated heterocycles. The number of aromatic nitrogens is 3. The van der Waals surface area contributed by atoms with Crippen LogP contribution in [0, 0.1) is 11.3 Å². The summed E-state index contributed by atoms with van der Waals surface area (Å²) >= 11 is 1.21. The van der Waals surface area contributed by atoms with Crippen molar-refractivity contribution in [1.29, 1.82) is 5.26 Å². The van der Waals surface area contributed by atoms with Gasteiger partial charge < -0.3 is 5.73 Å². The minimum Gasteiger partial charge on any atom is -0.382 e. The number of rotatable bonds is 2. The standard InChI is InChI=1S/C11H8F3N5S/c1-20-10-7(4-15)9(16)19(18-10)8-3-2-6(5-17-8)11(12,13)14/h2-3,5H,16H2,1H3. The van der Waals surface area contributed by atoms with Crippen molar-refractivity contribution in [2.24, 2.45) is 0 Å². The van der Waals surface area contributed by atoms with E-state index in [1.54, 1.807) is 6.26 Å². The highest BCUT2D eigenvalue weighted by molar-refractivity contribution is 7.98. The predicted molar refractivity (Wildman–Crippen MR) is 67.3 cm³/mol. The Morgan fingerprint density at radius 2 is 2.10 bits per heavy atom. The number of thioether (sulfide) groups is 1. The first-order valence-electron chi connectivity index (χ1n) is 5.24. The molecule has 2 N–H and O–H groups in total. The van der Waals surface area contributed by atoms with Crippen molar-refractivity contribution in [3.8, 4) is 11.9 Å². The summed E-state index contributed by atoms with van der Waals surface area (Å²) in [4.78, 5) is 3.68. The quantitative estimate of drug-likeness (QED) is 0.862. The Labute approximate surface area is 116 Å². The van der Waals surface area contributed by atoms with Gasteiger partial charge in [-0.05, 0) is 18.4 Å². The van der Waals surface area contributed by atoms with Gasteiger partial charge in [0, 0.05) is 6.20 Å². The van der Waals surface area contributed by atoms with Crippen molar-refractivity contribution in [3.05, 3.63) is 29.5 Å². The van der Waals surface area contributed by atoms with E-state index in [4.69, 9.17) is 11.0 Å². The van der Waals surface area contributed by atoms with Crippen LogP contribution in [0.1, 0.15) is 11.1 Å². The average Bonchev–Trinajstić information content (AvgIpc) is 2.74. The average molecular weight is 299 g/mol. The van der Waals surface area contributed by atoms with Crippen LogP contribution < -0.4 is 5.73 Å². The Kier molecular flexibility index (Phi) is 3.59. The number of hydrogen-bond donors (Lipinski definition) is 1. The molecule has 0 aliphatic carbocycles. The van der Waals surface area contributed by atoms with Gasteiger partial charge in [-0.15, -0.1) is 11.8 Å². The summed E-state index contributed by atoms with van der Waals surface area (Å²) in [6, 6.07) is 3.94. The number of nitrogens with two attached hydrogens (primary N) is 1. The van der Waals surface area contributed by atoms with E-state index in [-0.39, 0.29) is 17.2 Å². The third kappa shape index (κ3) is 2.42. The van der Waals surface area contributed by atoms with Crippen molar-refractivity contribution in [3.63, 3.8) is 0 Å². The Balaban J connectivity index is 2.48. The third-order valence-electron chi connectivity index (χ3n) is 2.49. The minimum absolute atomic E-state index is 0.0455. The van der Waals surface area contributed by atoms with E-state index < -0.39 is 11.7 Å². The predicted octanol–water partition coefficient (Wildman–Crippen LogP) is 2.46. The molecule has 0 unspecified atom stereocenters. The van der Waals surface area contributed by atoms with Gasteiger partial charge in [0.1, 0.15) is 22.5 Å². The van der Waals surface area contributed by atoms with Crippen molar-refractivity contribution in [1.82, 2.24) is 14.8 Å². The molecule has 2 aromatic heterocycles. The molecule has 0 radical (unpaired) electrons. The molecule has 0 aliphatic rings. The molecule has 0 fully saturated rings. The highest BCUT2D eigenvalue weighted by Gasteiger charge is 2.30. The fraction of sp³-hybridized carbons (Fsp3) is 0.182. The first kappa shape index (κ1) is 14.2. The molecule has 104 valence electrons. The molecule has 5 nitrogen and oxygen atoms in total. The lowest BCUT2D eigenvalue weighted by molar-refractivity contribution is -0.137. The Hall–Kier alpha value is -2.21. The van der Waals surface area contributed by atoms with Crippen LogP contribution >= 0.6 is 11.8 Å². The molecule has 20 heavy (non-hydrogen) atoms. The number of hydrogen-bond acceptors (Lipinski definition) is 5. The Bertz CT molecular complexity index is 669. The highest BCUT2D eigenvalue weighted by atomic mass is 32.2. The summed E-state index contributed by atoms with van der Waals surface area (Å²) in [5, 5.41) is 13.4. The molecule has 0 saturated carbocycles. The number of nitrogens with zero attached hydrogens (tertiary/aromatic N) is 4. The van der Waals surface area contributed by atoms with Crippen molar-refractivity contribution < 1.29 is 13.2 Å². The minimum atomic E-state index is -4.45. The lowest BCUT2D eigenvalue weighted by atomic mass is 10.3. The molecule has 2 rings (SSSR count). The molecule has 2 aromatic rings. The molecule has 0 atom stereocenters. The molecule has 0 spiro atoms. The molecular weight excluding hydrogens is 291 g/mol. The summed E-state index contributed by atoms with van der Waals surface area (Å²) < 4.78 is 38.5. The molecule has 0 aliphatic heterocycles. The van der Waals surface area contributed by atoms with Gasteiger partial charge in [-0.25, -0.2) is 4.98 Å². The lowest BCUT2D eigenvalue weighted by Crippen LogP contribution is -2.08. The van der Waals surface area contributed by atoms with Crippen molar-refractivity contribution >= 4 is 17.6 Å². The van der Waals surface area contributed by atoms with Crippen LogP contribution in [0.5, 0.6) is 0 Å². The van der Waals surface area contributed by atoms with Gasteiger partial charge in [-0.3, -0.25) is 0 Å². The normalized spacial score (nSPS) is 11.3. The SMILES string of the molecule is CSc1nn(-c2ccc(C(F)(F)F)cn2)c(N)c1C#N. The van der Waals surface area contributed by atoms with E-state index in [0.717, 1.165) is 16.8 Å². The van der Waals surface area contributed by atoms with E-state index in [0.29, 0.717) is 11.2 Å². The zero-order valence-electron chi connectivity index (χ0n) is 10.1. The van der Waals surface area contributed by atoms with Crippen molar-refractivity contribution in [2.75, 3.05) is 12.0 Å². The smallest absolute Gasteiger partial charge is 0.382 e. The van der Waals surface area contributed by atoms with Crippen LogP contribution in [-0.4, -0.2) is 21.0 Å². The molecular formula is C11H8F3N5S. The van der Waals surface area contributed by atoms with Gasteiger partial charge in [0.25, 0.3) is 0 Å². The maximum absolute atomic E-state index is 12.4. The molecule has 0 amide bonds.